The summed E-state index contributed by atoms with van der Waals surface area (Å²) in [5, 5.41) is 0. The normalized spacial score (nSPS) is 29.8. The molecule has 0 aliphatic carbocycles. The second-order valence-electron chi connectivity index (χ2n) is 6.72. The van der Waals surface area contributed by atoms with E-state index in [0.29, 0.717) is 0 Å². The third-order valence-corrected chi connectivity index (χ3v) is 4.03. The molecule has 0 spiro atoms. The lowest BCUT2D eigenvalue weighted by molar-refractivity contribution is 0.00578. The van der Waals surface area contributed by atoms with Gasteiger partial charge in [0, 0.05) is 0 Å². The zero-order chi connectivity index (χ0) is 12.9. The third-order valence-electron chi connectivity index (χ3n) is 4.03. The average molecular weight is 238 g/mol. The van der Waals surface area contributed by atoms with Gasteiger partial charge in [0.1, 0.15) is 5.66 Å². The lowest BCUT2D eigenvalue weighted by Gasteiger charge is -2.32. The number of rotatable bonds is 1. The van der Waals surface area contributed by atoms with Crippen molar-refractivity contribution in [3.8, 4) is 0 Å². The summed E-state index contributed by atoms with van der Waals surface area (Å²) in [5.41, 5.74) is 0.393. The summed E-state index contributed by atoms with van der Waals surface area (Å²) in [6, 6.07) is 0. The van der Waals surface area contributed by atoms with Gasteiger partial charge >= 0.3 is 7.12 Å². The van der Waals surface area contributed by atoms with Gasteiger partial charge in [-0.1, -0.05) is 13.8 Å². The van der Waals surface area contributed by atoms with E-state index in [1.807, 2.05) is 0 Å². The molecule has 0 unspecified atom stereocenters. The minimum Gasteiger partial charge on any atom is -0.502 e. The predicted molar refractivity (Wildman–Crippen MR) is 68.5 cm³/mol. The van der Waals surface area contributed by atoms with E-state index in [-0.39, 0.29) is 23.7 Å². The Morgan fingerprint density at radius 2 is 1.53 bits per heavy atom. The smallest absolute Gasteiger partial charge is 0.502 e. The highest BCUT2D eigenvalue weighted by atomic mass is 16.7. The second-order valence-corrected chi connectivity index (χ2v) is 6.72. The molecule has 2 aliphatic heterocycles. The maximum Gasteiger partial charge on any atom is 0.531 e. The summed E-state index contributed by atoms with van der Waals surface area (Å²) in [5.74, 6) is 0. The molecule has 96 valence electrons. The van der Waals surface area contributed by atoms with Crippen LogP contribution < -0.4 is 0 Å². The van der Waals surface area contributed by atoms with Crippen LogP contribution in [0.3, 0.4) is 0 Å². The summed E-state index contributed by atoms with van der Waals surface area (Å²) in [4.78, 5) is 0. The monoisotopic (exact) mass is 238 g/mol. The third kappa shape index (κ3) is 2.38. The molecule has 1 fully saturated rings. The molecule has 4 heteroatoms. The Bertz CT molecular complexity index is 329. The van der Waals surface area contributed by atoms with Crippen molar-refractivity contribution >= 4 is 7.12 Å². The molecule has 2 rings (SSSR count). The van der Waals surface area contributed by atoms with Crippen molar-refractivity contribution in [1.82, 2.24) is 0 Å². The summed E-state index contributed by atoms with van der Waals surface area (Å²) in [6.07, 6.45) is 3.18. The largest absolute Gasteiger partial charge is 0.531 e. The van der Waals surface area contributed by atoms with Gasteiger partial charge in [-0.2, -0.15) is 0 Å². The van der Waals surface area contributed by atoms with Crippen LogP contribution in [0.2, 0.25) is 0 Å². The van der Waals surface area contributed by atoms with Crippen LogP contribution in [0.4, 0.5) is 0 Å². The highest BCUT2D eigenvalue weighted by molar-refractivity contribution is 6.53. The predicted octanol–water partition coefficient (Wildman–Crippen LogP) is 2.95. The van der Waals surface area contributed by atoms with E-state index in [1.54, 1.807) is 0 Å². The zero-order valence-electron chi connectivity index (χ0n) is 11.8. The molecular formula is C13H23BO3. The van der Waals surface area contributed by atoms with E-state index in [1.165, 1.54) is 0 Å². The average Bonchev–Trinajstić information content (AvgIpc) is 2.34. The van der Waals surface area contributed by atoms with Crippen molar-refractivity contribution in [2.24, 2.45) is 5.41 Å². The lowest BCUT2D eigenvalue weighted by atomic mass is 9.77. The number of ether oxygens (including phenoxy) is 1. The molecule has 2 heterocycles. The molecule has 2 aliphatic rings. The molecule has 0 saturated carbocycles. The maximum atomic E-state index is 5.98. The topological polar surface area (TPSA) is 27.7 Å². The van der Waals surface area contributed by atoms with Gasteiger partial charge in [0.2, 0.25) is 0 Å². The van der Waals surface area contributed by atoms with Gasteiger partial charge in [-0.15, -0.1) is 0 Å². The van der Waals surface area contributed by atoms with Gasteiger partial charge in [-0.05, 0) is 45.6 Å². The van der Waals surface area contributed by atoms with Crippen LogP contribution in [0.5, 0.6) is 0 Å². The number of hydrogen-bond donors (Lipinski definition) is 0. The molecule has 17 heavy (non-hydrogen) atoms. The molecule has 0 aromatic rings. The molecule has 0 radical (unpaired) electrons. The minimum absolute atomic E-state index is 0.164. The van der Waals surface area contributed by atoms with Crippen LogP contribution in [-0.4, -0.2) is 24.9 Å². The van der Waals surface area contributed by atoms with Crippen LogP contribution in [0, 0.1) is 5.41 Å². The Morgan fingerprint density at radius 1 is 1.00 bits per heavy atom. The summed E-state index contributed by atoms with van der Waals surface area (Å²) in [7, 11) is -0.362. The fourth-order valence-electron chi connectivity index (χ4n) is 2.03. The van der Waals surface area contributed by atoms with E-state index in [2.05, 4.69) is 47.6 Å². The van der Waals surface area contributed by atoms with Crippen LogP contribution in [0.25, 0.3) is 0 Å². The quantitative estimate of drug-likeness (QED) is 0.657. The van der Waals surface area contributed by atoms with Crippen LogP contribution >= 0.6 is 0 Å². The van der Waals surface area contributed by atoms with Crippen LogP contribution in [0.15, 0.2) is 11.7 Å². The first-order valence-corrected chi connectivity index (χ1v) is 6.34. The second kappa shape index (κ2) is 3.76. The van der Waals surface area contributed by atoms with Gasteiger partial charge in [-0.25, -0.2) is 0 Å². The van der Waals surface area contributed by atoms with Gasteiger partial charge < -0.3 is 14.0 Å². The van der Waals surface area contributed by atoms with Crippen molar-refractivity contribution in [1.29, 1.82) is 0 Å². The molecule has 3 nitrogen and oxygen atoms in total. The standard InChI is InChI=1S/C13H23BO3/c1-11(2)7-8-15-10(9-11)14-16-12(3,4)13(5,6)17-14/h9H,7-8H2,1-6H3. The highest BCUT2D eigenvalue weighted by Crippen LogP contribution is 2.40. The highest BCUT2D eigenvalue weighted by Gasteiger charge is 2.53. The zero-order valence-corrected chi connectivity index (χ0v) is 11.8. The molecule has 0 bridgehead atoms. The first kappa shape index (κ1) is 13.0. The Kier molecular flexibility index (Phi) is 2.87. The number of hydrogen-bond acceptors (Lipinski definition) is 3. The van der Waals surface area contributed by atoms with E-state index in [4.69, 9.17) is 14.0 Å². The molecule has 0 N–H and O–H groups in total. The van der Waals surface area contributed by atoms with E-state index in [0.717, 1.165) is 18.7 Å². The first-order chi connectivity index (χ1) is 7.63. The van der Waals surface area contributed by atoms with Crippen molar-refractivity contribution in [3.63, 3.8) is 0 Å². The van der Waals surface area contributed by atoms with E-state index >= 15 is 0 Å². The van der Waals surface area contributed by atoms with Gasteiger partial charge in [0.05, 0.1) is 17.8 Å². The Labute approximate surface area is 105 Å². The Balaban J connectivity index is 2.19. The fourth-order valence-corrected chi connectivity index (χ4v) is 2.03. The SMILES string of the molecule is CC1(C)C=C(B2OC(C)(C)C(C)(C)O2)OCC1. The minimum atomic E-state index is -0.362. The van der Waals surface area contributed by atoms with Crippen LogP contribution in [0.1, 0.15) is 48.0 Å². The van der Waals surface area contributed by atoms with E-state index in [9.17, 15) is 0 Å². The molecular weight excluding hydrogens is 215 g/mol. The van der Waals surface area contributed by atoms with Gasteiger partial charge in [0.15, 0.2) is 0 Å². The maximum absolute atomic E-state index is 5.98. The molecule has 0 atom stereocenters. The molecule has 0 amide bonds. The molecule has 0 aromatic carbocycles. The first-order valence-electron chi connectivity index (χ1n) is 6.34. The van der Waals surface area contributed by atoms with Crippen molar-refractivity contribution < 1.29 is 14.0 Å². The Morgan fingerprint density at radius 3 is 2.00 bits per heavy atom. The summed E-state index contributed by atoms with van der Waals surface area (Å²) >= 11 is 0. The number of allylic oxidation sites excluding steroid dienone is 1. The summed E-state index contributed by atoms with van der Waals surface area (Å²) < 4.78 is 17.7. The van der Waals surface area contributed by atoms with Crippen molar-refractivity contribution in [2.75, 3.05) is 6.61 Å². The molecule has 0 aromatic heterocycles. The van der Waals surface area contributed by atoms with Crippen LogP contribution in [-0.2, 0) is 14.0 Å². The van der Waals surface area contributed by atoms with E-state index < -0.39 is 0 Å². The van der Waals surface area contributed by atoms with Crippen molar-refractivity contribution in [2.45, 2.75) is 59.2 Å². The van der Waals surface area contributed by atoms with Crippen molar-refractivity contribution in [3.05, 3.63) is 11.7 Å². The lowest BCUT2D eigenvalue weighted by Crippen LogP contribution is -2.41. The van der Waals surface area contributed by atoms with Gasteiger partial charge in [0.25, 0.3) is 0 Å². The molecule has 1 saturated heterocycles. The fraction of sp³-hybridized carbons (Fsp3) is 0.846. The Hall–Kier alpha value is -0.475. The summed E-state index contributed by atoms with van der Waals surface area (Å²) in [6.45, 7) is 13.4. The van der Waals surface area contributed by atoms with Gasteiger partial charge in [-0.3, -0.25) is 0 Å².